The van der Waals surface area contributed by atoms with Crippen LogP contribution in [0.5, 0.6) is 0 Å². The average molecular weight is 413 g/mol. The van der Waals surface area contributed by atoms with Gasteiger partial charge >= 0.3 is 0 Å². The number of rotatable bonds is 4. The number of nitrogens with zero attached hydrogens (tertiary/aromatic N) is 2. The summed E-state index contributed by atoms with van der Waals surface area (Å²) in [6, 6.07) is 0. The summed E-state index contributed by atoms with van der Waals surface area (Å²) >= 11 is 1.99. The fourth-order valence-electron chi connectivity index (χ4n) is 2.79. The van der Waals surface area contributed by atoms with Gasteiger partial charge in [-0.05, 0) is 18.8 Å². The van der Waals surface area contributed by atoms with Gasteiger partial charge in [-0.3, -0.25) is 4.99 Å². The summed E-state index contributed by atoms with van der Waals surface area (Å²) in [5.41, 5.74) is 6.01. The van der Waals surface area contributed by atoms with Crippen LogP contribution in [0.4, 0.5) is 0 Å². The number of guanidine groups is 1. The predicted octanol–water partition coefficient (Wildman–Crippen LogP) is 2.56. The predicted molar refractivity (Wildman–Crippen MR) is 98.2 cm³/mol. The summed E-state index contributed by atoms with van der Waals surface area (Å²) in [6.45, 7) is 5.75. The lowest BCUT2D eigenvalue weighted by Gasteiger charge is -2.29. The van der Waals surface area contributed by atoms with Crippen molar-refractivity contribution in [3.05, 3.63) is 0 Å². The molecule has 118 valence electrons. The largest absolute Gasteiger partial charge is 0.376 e. The van der Waals surface area contributed by atoms with Crippen LogP contribution in [0.1, 0.15) is 32.6 Å². The third-order valence-electron chi connectivity index (χ3n) is 4.06. The molecule has 2 N–H and O–H groups in total. The Labute approximate surface area is 144 Å². The Kier molecular flexibility index (Phi) is 9.28. The summed E-state index contributed by atoms with van der Waals surface area (Å²) < 4.78 is 5.95. The lowest BCUT2D eigenvalue weighted by atomic mass is 9.88. The van der Waals surface area contributed by atoms with E-state index in [0.29, 0.717) is 31.1 Å². The molecule has 0 aromatic carbocycles. The standard InChI is InChI=1S/C14H27N3OS.HI/c1-12-4-2-3-5-13(12)18-9-6-16-14(15)17-7-10-19-11-8-17;/h12-13H,2-11H2,1H3,(H2,15,16);1H. The maximum absolute atomic E-state index is 6.01. The van der Waals surface area contributed by atoms with E-state index >= 15 is 0 Å². The average Bonchev–Trinajstić information content (AvgIpc) is 2.46. The maximum Gasteiger partial charge on any atom is 0.191 e. The van der Waals surface area contributed by atoms with Crippen molar-refractivity contribution < 1.29 is 4.74 Å². The van der Waals surface area contributed by atoms with Gasteiger partial charge in [-0.25, -0.2) is 0 Å². The minimum Gasteiger partial charge on any atom is -0.376 e. The maximum atomic E-state index is 6.01. The van der Waals surface area contributed by atoms with E-state index < -0.39 is 0 Å². The summed E-state index contributed by atoms with van der Waals surface area (Å²) in [4.78, 5) is 6.62. The molecule has 0 bridgehead atoms. The molecule has 20 heavy (non-hydrogen) atoms. The molecule has 6 heteroatoms. The van der Waals surface area contributed by atoms with Crippen molar-refractivity contribution in [3.63, 3.8) is 0 Å². The monoisotopic (exact) mass is 413 g/mol. The van der Waals surface area contributed by atoms with Crippen LogP contribution in [0.15, 0.2) is 4.99 Å². The van der Waals surface area contributed by atoms with Crippen LogP contribution in [0.2, 0.25) is 0 Å². The number of hydrogen-bond acceptors (Lipinski definition) is 3. The van der Waals surface area contributed by atoms with Gasteiger partial charge in [-0.2, -0.15) is 11.8 Å². The Morgan fingerprint density at radius 3 is 2.70 bits per heavy atom. The molecule has 2 unspecified atom stereocenters. The van der Waals surface area contributed by atoms with Crippen molar-refractivity contribution in [1.82, 2.24) is 4.90 Å². The van der Waals surface area contributed by atoms with Crippen molar-refractivity contribution in [3.8, 4) is 0 Å². The molecular formula is C14H28IN3OS. The van der Waals surface area contributed by atoms with Gasteiger partial charge in [0.1, 0.15) is 0 Å². The number of nitrogens with two attached hydrogens (primary N) is 1. The van der Waals surface area contributed by atoms with Gasteiger partial charge in [-0.1, -0.05) is 19.8 Å². The number of ether oxygens (including phenoxy) is 1. The lowest BCUT2D eigenvalue weighted by Crippen LogP contribution is -2.42. The molecule has 1 aliphatic carbocycles. The highest BCUT2D eigenvalue weighted by atomic mass is 127. The molecular weight excluding hydrogens is 385 g/mol. The SMILES string of the molecule is CC1CCCCC1OCCN=C(N)N1CCSCC1.I. The Morgan fingerprint density at radius 2 is 2.00 bits per heavy atom. The van der Waals surface area contributed by atoms with Crippen LogP contribution in [0.25, 0.3) is 0 Å². The van der Waals surface area contributed by atoms with Crippen LogP contribution in [-0.4, -0.2) is 54.7 Å². The fourth-order valence-corrected chi connectivity index (χ4v) is 3.69. The molecule has 2 atom stereocenters. The first-order valence-electron chi connectivity index (χ1n) is 7.51. The zero-order valence-electron chi connectivity index (χ0n) is 12.4. The highest BCUT2D eigenvalue weighted by Gasteiger charge is 2.21. The van der Waals surface area contributed by atoms with Gasteiger partial charge in [-0.15, -0.1) is 24.0 Å². The number of thioether (sulfide) groups is 1. The van der Waals surface area contributed by atoms with Gasteiger partial charge in [0.15, 0.2) is 5.96 Å². The van der Waals surface area contributed by atoms with Gasteiger partial charge in [0.2, 0.25) is 0 Å². The lowest BCUT2D eigenvalue weighted by molar-refractivity contribution is -0.000700. The molecule has 2 fully saturated rings. The summed E-state index contributed by atoms with van der Waals surface area (Å²) in [5.74, 6) is 3.72. The smallest absolute Gasteiger partial charge is 0.191 e. The van der Waals surface area contributed by atoms with Crippen molar-refractivity contribution in [2.24, 2.45) is 16.6 Å². The van der Waals surface area contributed by atoms with E-state index in [9.17, 15) is 0 Å². The van der Waals surface area contributed by atoms with Gasteiger partial charge < -0.3 is 15.4 Å². The molecule has 0 radical (unpaired) electrons. The molecule has 1 saturated carbocycles. The van der Waals surface area contributed by atoms with Crippen molar-refractivity contribution in [2.45, 2.75) is 38.7 Å². The van der Waals surface area contributed by atoms with E-state index in [2.05, 4.69) is 16.8 Å². The first kappa shape index (κ1) is 18.4. The summed E-state index contributed by atoms with van der Waals surface area (Å²) in [7, 11) is 0. The van der Waals surface area contributed by atoms with Gasteiger partial charge in [0.05, 0.1) is 19.3 Å². The third-order valence-corrected chi connectivity index (χ3v) is 5.01. The number of aliphatic imine (C=N–C) groups is 1. The fraction of sp³-hybridized carbons (Fsp3) is 0.929. The molecule has 1 heterocycles. The Hall–Kier alpha value is 0.310. The van der Waals surface area contributed by atoms with Crippen LogP contribution < -0.4 is 5.73 Å². The second-order valence-corrected chi connectivity index (χ2v) is 6.74. The first-order valence-corrected chi connectivity index (χ1v) is 8.67. The molecule has 2 aliphatic rings. The van der Waals surface area contributed by atoms with Gasteiger partial charge in [0.25, 0.3) is 0 Å². The van der Waals surface area contributed by atoms with E-state index in [1.165, 1.54) is 25.7 Å². The summed E-state index contributed by atoms with van der Waals surface area (Å²) in [6.07, 6.45) is 5.63. The van der Waals surface area contributed by atoms with E-state index in [1.807, 2.05) is 11.8 Å². The van der Waals surface area contributed by atoms with E-state index in [1.54, 1.807) is 0 Å². The highest BCUT2D eigenvalue weighted by molar-refractivity contribution is 14.0. The zero-order valence-corrected chi connectivity index (χ0v) is 15.6. The minimum absolute atomic E-state index is 0. The third kappa shape index (κ3) is 5.97. The topological polar surface area (TPSA) is 50.9 Å². The normalized spacial score (nSPS) is 28.1. The molecule has 0 aromatic rings. The molecule has 0 amide bonds. The highest BCUT2D eigenvalue weighted by Crippen LogP contribution is 2.26. The van der Waals surface area contributed by atoms with Crippen molar-refractivity contribution in [1.29, 1.82) is 0 Å². The Morgan fingerprint density at radius 1 is 1.30 bits per heavy atom. The van der Waals surface area contributed by atoms with Crippen LogP contribution in [-0.2, 0) is 4.74 Å². The molecule has 0 aromatic heterocycles. The molecule has 1 saturated heterocycles. The number of halogens is 1. The second-order valence-electron chi connectivity index (χ2n) is 5.51. The second kappa shape index (κ2) is 10.1. The van der Waals surface area contributed by atoms with Crippen LogP contribution in [0, 0.1) is 5.92 Å². The van der Waals surface area contributed by atoms with Crippen molar-refractivity contribution in [2.75, 3.05) is 37.7 Å². The van der Waals surface area contributed by atoms with Gasteiger partial charge in [0, 0.05) is 24.6 Å². The quantitative estimate of drug-likeness (QED) is 0.333. The van der Waals surface area contributed by atoms with E-state index in [-0.39, 0.29) is 24.0 Å². The Balaban J connectivity index is 0.00000200. The van der Waals surface area contributed by atoms with Crippen molar-refractivity contribution >= 4 is 41.7 Å². The zero-order chi connectivity index (χ0) is 13.5. The molecule has 0 spiro atoms. The summed E-state index contributed by atoms with van der Waals surface area (Å²) in [5, 5.41) is 0. The molecule has 1 aliphatic heterocycles. The molecule has 2 rings (SSSR count). The Bertz CT molecular complexity index is 298. The minimum atomic E-state index is 0. The van der Waals surface area contributed by atoms with E-state index in [0.717, 1.165) is 24.6 Å². The number of hydrogen-bond donors (Lipinski definition) is 1. The first-order chi connectivity index (χ1) is 9.27. The van der Waals surface area contributed by atoms with E-state index in [4.69, 9.17) is 10.5 Å². The van der Waals surface area contributed by atoms with Crippen LogP contribution >= 0.6 is 35.7 Å². The molecule has 4 nitrogen and oxygen atoms in total. The van der Waals surface area contributed by atoms with Crippen LogP contribution in [0.3, 0.4) is 0 Å².